The normalized spacial score (nSPS) is 12.6. The van der Waals surface area contributed by atoms with Crippen molar-refractivity contribution < 1.29 is 14.4 Å². The molecule has 2 N–H and O–H groups in total. The molecule has 0 unspecified atom stereocenters. The summed E-state index contributed by atoms with van der Waals surface area (Å²) >= 11 is 0. The summed E-state index contributed by atoms with van der Waals surface area (Å²) in [4.78, 5) is 10.00. The molecule has 1 aliphatic rings. The van der Waals surface area contributed by atoms with E-state index in [1.54, 1.807) is 19.2 Å². The number of anilines is 3. The van der Waals surface area contributed by atoms with Crippen molar-refractivity contribution in [3.05, 3.63) is 47.3 Å². The van der Waals surface area contributed by atoms with Crippen molar-refractivity contribution in [1.29, 1.82) is 0 Å². The summed E-state index contributed by atoms with van der Waals surface area (Å²) in [6.07, 6.45) is 0. The maximum atomic E-state index is 9.69. The Balaban J connectivity index is 1.82. The van der Waals surface area contributed by atoms with E-state index in [0.29, 0.717) is 37.1 Å². The van der Waals surface area contributed by atoms with Gasteiger partial charge < -0.3 is 24.6 Å². The van der Waals surface area contributed by atoms with Gasteiger partial charge in [0.25, 0.3) is 0 Å². The van der Waals surface area contributed by atoms with Gasteiger partial charge in [-0.1, -0.05) is 6.07 Å². The van der Waals surface area contributed by atoms with Gasteiger partial charge in [-0.2, -0.15) is 0 Å². The molecule has 25 heavy (non-hydrogen) atoms. The molecule has 7 nitrogen and oxygen atoms in total. The minimum atomic E-state index is -0.846. The van der Waals surface area contributed by atoms with Gasteiger partial charge in [0.15, 0.2) is 0 Å². The Labute approximate surface area is 147 Å². The highest BCUT2D eigenvalue weighted by atomic mass is 16.5. The molecule has 1 aliphatic heterocycles. The predicted octanol–water partition coefficient (Wildman–Crippen LogP) is 1.68. The van der Waals surface area contributed by atoms with Crippen LogP contribution >= 0.6 is 0 Å². The lowest BCUT2D eigenvalue weighted by atomic mass is 9.79. The van der Waals surface area contributed by atoms with Gasteiger partial charge in [0.1, 0.15) is 11.6 Å². The lowest BCUT2D eigenvalue weighted by molar-refractivity contribution is 0.206. The Morgan fingerprint density at radius 1 is 1.44 bits per heavy atom. The third-order valence-electron chi connectivity index (χ3n) is 4.05. The molecule has 3 rings (SSSR count). The number of fused-ring (bicyclic) bond motifs is 1. The number of nitrogens with one attached hydrogen (secondary N) is 1. The molecule has 2 heterocycles. The summed E-state index contributed by atoms with van der Waals surface area (Å²) in [5.41, 5.74) is 3.09. The summed E-state index contributed by atoms with van der Waals surface area (Å²) in [5, 5.41) is 12.9. The van der Waals surface area contributed by atoms with Crippen LogP contribution in [0.2, 0.25) is 0 Å². The Hall–Kier alpha value is -2.60. The van der Waals surface area contributed by atoms with Gasteiger partial charge in [0, 0.05) is 26.4 Å². The molecular weight excluding hydrogens is 319 g/mol. The van der Waals surface area contributed by atoms with Crippen LogP contribution in [0.5, 0.6) is 0 Å². The van der Waals surface area contributed by atoms with Crippen LogP contribution in [0.4, 0.5) is 23.0 Å². The van der Waals surface area contributed by atoms with Crippen molar-refractivity contribution >= 4 is 35.6 Å². The summed E-state index contributed by atoms with van der Waals surface area (Å²) < 4.78 is 10.3. The largest absolute Gasteiger partial charge is 0.491 e. The molecule has 0 spiro atoms. The first-order valence-corrected chi connectivity index (χ1v) is 7.90. The maximum Gasteiger partial charge on any atom is 0.491 e. The van der Waals surface area contributed by atoms with Gasteiger partial charge >= 0.3 is 7.12 Å². The summed E-state index contributed by atoms with van der Waals surface area (Å²) in [5.74, 6) is 1.25. The van der Waals surface area contributed by atoms with Gasteiger partial charge in [0.05, 0.1) is 19.8 Å². The molecule has 0 atom stereocenters. The fraction of sp³-hybridized carbons (Fsp3) is 0.294. The average molecular weight is 338 g/mol. The molecule has 8 heteroatoms. The minimum absolute atomic E-state index is 0.390. The van der Waals surface area contributed by atoms with E-state index < -0.39 is 7.12 Å². The zero-order valence-electron chi connectivity index (χ0n) is 14.2. The topological polar surface area (TPSA) is 71.2 Å². The van der Waals surface area contributed by atoms with E-state index >= 15 is 0 Å². The number of rotatable bonds is 6. The third-order valence-corrected chi connectivity index (χ3v) is 4.05. The van der Waals surface area contributed by atoms with Gasteiger partial charge in [-0.25, -0.2) is 9.83 Å². The van der Waals surface area contributed by atoms with Gasteiger partial charge in [-0.15, -0.1) is 0 Å². The molecule has 2 aromatic rings. The highest BCUT2D eigenvalue weighted by Crippen LogP contribution is 2.29. The summed E-state index contributed by atoms with van der Waals surface area (Å²) in [7, 11) is 2.68. The Morgan fingerprint density at radius 3 is 3.04 bits per heavy atom. The second kappa shape index (κ2) is 7.53. The highest BCUT2D eigenvalue weighted by Gasteiger charge is 2.27. The fourth-order valence-corrected chi connectivity index (χ4v) is 2.67. The monoisotopic (exact) mass is 338 g/mol. The maximum absolute atomic E-state index is 9.69. The Kier molecular flexibility index (Phi) is 5.19. The second-order valence-corrected chi connectivity index (χ2v) is 5.77. The van der Waals surface area contributed by atoms with Crippen molar-refractivity contribution in [2.24, 2.45) is 0 Å². The molecule has 1 aromatic carbocycles. The molecule has 128 valence electrons. The number of likely N-dealkylation sites (N-methyl/N-ethyl adjacent to an activating group) is 1. The van der Waals surface area contributed by atoms with Gasteiger partial charge in [-0.3, -0.25) is 0 Å². The molecule has 0 saturated heterocycles. The van der Waals surface area contributed by atoms with Crippen LogP contribution in [0, 0.1) is 6.57 Å². The van der Waals surface area contributed by atoms with Crippen molar-refractivity contribution in [2.45, 2.75) is 6.61 Å². The van der Waals surface area contributed by atoms with Crippen LogP contribution in [0.25, 0.3) is 4.85 Å². The van der Waals surface area contributed by atoms with Gasteiger partial charge in [0.2, 0.25) is 5.69 Å². The zero-order valence-corrected chi connectivity index (χ0v) is 14.2. The number of hydrogen-bond donors (Lipinski definition) is 2. The SMILES string of the molecule is [C-]#[N+]c1ccc(Nc2ccc3c(c2)COB3O)nc1N(C)CCOC. The van der Waals surface area contributed by atoms with Crippen LogP contribution in [0.15, 0.2) is 30.3 Å². The molecule has 0 fully saturated rings. The van der Waals surface area contributed by atoms with E-state index in [9.17, 15) is 5.02 Å². The lowest BCUT2D eigenvalue weighted by Gasteiger charge is -2.20. The van der Waals surface area contributed by atoms with Crippen LogP contribution in [-0.4, -0.2) is 44.4 Å². The van der Waals surface area contributed by atoms with E-state index in [2.05, 4.69) is 15.1 Å². The Morgan fingerprint density at radius 2 is 2.28 bits per heavy atom. The van der Waals surface area contributed by atoms with Crippen LogP contribution in [0.1, 0.15) is 5.56 Å². The van der Waals surface area contributed by atoms with E-state index in [4.69, 9.17) is 16.0 Å². The highest BCUT2D eigenvalue weighted by molar-refractivity contribution is 6.61. The standard InChI is InChI=1S/C17H19BN4O3/c1-19-15-6-7-16(21-17(15)22(2)8-9-24-3)20-13-4-5-14-12(10-13)11-25-18(14)23/h4-7,10,23H,8-9,11H2,2-3H3,(H,20,21). The van der Waals surface area contributed by atoms with E-state index in [1.807, 2.05) is 30.1 Å². The molecule has 1 aromatic heterocycles. The van der Waals surface area contributed by atoms with E-state index in [1.165, 1.54) is 0 Å². The first-order chi connectivity index (χ1) is 12.1. The average Bonchev–Trinajstić information content (AvgIpc) is 3.00. The zero-order chi connectivity index (χ0) is 17.8. The minimum Gasteiger partial charge on any atom is -0.423 e. The number of ether oxygens (including phenoxy) is 1. The smallest absolute Gasteiger partial charge is 0.423 e. The molecule has 0 radical (unpaired) electrons. The van der Waals surface area contributed by atoms with E-state index in [-0.39, 0.29) is 0 Å². The first kappa shape index (κ1) is 17.2. The van der Waals surface area contributed by atoms with Crippen molar-refractivity contribution in [1.82, 2.24) is 4.98 Å². The lowest BCUT2D eigenvalue weighted by Crippen LogP contribution is -2.27. The molecule has 0 amide bonds. The van der Waals surface area contributed by atoms with Crippen LogP contribution < -0.4 is 15.7 Å². The van der Waals surface area contributed by atoms with Gasteiger partial charge in [-0.05, 0) is 35.3 Å². The number of nitrogens with zero attached hydrogens (tertiary/aromatic N) is 3. The number of aromatic nitrogens is 1. The third kappa shape index (κ3) is 3.74. The van der Waals surface area contributed by atoms with Crippen LogP contribution in [-0.2, 0) is 16.0 Å². The van der Waals surface area contributed by atoms with Crippen molar-refractivity contribution in [3.63, 3.8) is 0 Å². The number of pyridine rings is 1. The summed E-state index contributed by atoms with van der Waals surface area (Å²) in [6.45, 7) is 8.91. The summed E-state index contributed by atoms with van der Waals surface area (Å²) in [6, 6.07) is 9.18. The second-order valence-electron chi connectivity index (χ2n) is 5.77. The predicted molar refractivity (Wildman–Crippen MR) is 97.8 cm³/mol. The quantitative estimate of drug-likeness (QED) is 0.617. The molecule has 0 bridgehead atoms. The molecular formula is C17H19BN4O3. The Bertz CT molecular complexity index is 809. The number of methoxy groups -OCH3 is 1. The number of hydrogen-bond acceptors (Lipinski definition) is 6. The molecule has 0 aliphatic carbocycles. The molecule has 0 saturated carbocycles. The first-order valence-electron chi connectivity index (χ1n) is 7.90. The van der Waals surface area contributed by atoms with E-state index in [0.717, 1.165) is 16.7 Å². The van der Waals surface area contributed by atoms with Crippen molar-refractivity contribution in [3.8, 4) is 0 Å². The van der Waals surface area contributed by atoms with Crippen molar-refractivity contribution in [2.75, 3.05) is 37.5 Å². The van der Waals surface area contributed by atoms with Crippen LogP contribution in [0.3, 0.4) is 0 Å². The fourth-order valence-electron chi connectivity index (χ4n) is 2.67. The number of benzene rings is 1.